The van der Waals surface area contributed by atoms with Gasteiger partial charge in [-0.1, -0.05) is 36.4 Å². The average Bonchev–Trinajstić information content (AvgIpc) is 2.60. The predicted octanol–water partition coefficient (Wildman–Crippen LogP) is 1.60. The minimum atomic E-state index is -2.27. The van der Waals surface area contributed by atoms with Crippen molar-refractivity contribution in [3.05, 3.63) is 60.7 Å². The third-order valence-corrected chi connectivity index (χ3v) is 3.30. The van der Waals surface area contributed by atoms with Crippen molar-refractivity contribution in [1.29, 1.82) is 0 Å². The number of esters is 2. The molecule has 0 amide bonds. The summed E-state index contributed by atoms with van der Waals surface area (Å²) in [5, 5.41) is 18.6. The SMILES string of the molecule is O=C(O)[C@H](C(=O)Oc1ccccc1)[C@H](C(=O)O)C(=O)Oc1ccccc1. The first-order valence-corrected chi connectivity index (χ1v) is 7.39. The van der Waals surface area contributed by atoms with Crippen molar-refractivity contribution in [3.63, 3.8) is 0 Å². The van der Waals surface area contributed by atoms with Gasteiger partial charge in [0.2, 0.25) is 0 Å². The molecule has 134 valence electrons. The summed E-state index contributed by atoms with van der Waals surface area (Å²) in [4.78, 5) is 47.3. The molecule has 26 heavy (non-hydrogen) atoms. The van der Waals surface area contributed by atoms with E-state index in [9.17, 15) is 29.4 Å². The lowest BCUT2D eigenvalue weighted by atomic mass is 9.92. The molecule has 0 fully saturated rings. The lowest BCUT2D eigenvalue weighted by Gasteiger charge is -2.18. The summed E-state index contributed by atoms with van der Waals surface area (Å²) in [6, 6.07) is 15.0. The lowest BCUT2D eigenvalue weighted by Crippen LogP contribution is -2.44. The van der Waals surface area contributed by atoms with Crippen molar-refractivity contribution < 1.29 is 38.9 Å². The number of benzene rings is 2. The number of ether oxygens (including phenoxy) is 2. The molecule has 0 aliphatic carbocycles. The molecule has 2 N–H and O–H groups in total. The van der Waals surface area contributed by atoms with Crippen LogP contribution in [0, 0.1) is 11.8 Å². The number of carbonyl (C=O) groups is 4. The number of rotatable bonds is 7. The molecule has 0 aromatic heterocycles. The highest BCUT2D eigenvalue weighted by atomic mass is 16.5. The highest BCUT2D eigenvalue weighted by Crippen LogP contribution is 2.21. The minimum absolute atomic E-state index is 0.0179. The van der Waals surface area contributed by atoms with Crippen LogP contribution in [-0.2, 0) is 19.2 Å². The maximum atomic E-state index is 12.2. The van der Waals surface area contributed by atoms with E-state index in [1.165, 1.54) is 48.5 Å². The van der Waals surface area contributed by atoms with Crippen molar-refractivity contribution in [2.24, 2.45) is 11.8 Å². The summed E-state index contributed by atoms with van der Waals surface area (Å²) in [6.07, 6.45) is 0. The molecular formula is C18H14O8. The second-order valence-electron chi connectivity index (χ2n) is 5.10. The molecule has 2 aromatic rings. The largest absolute Gasteiger partial charge is 0.481 e. The number of para-hydroxylation sites is 2. The van der Waals surface area contributed by atoms with Crippen LogP contribution in [0.1, 0.15) is 0 Å². The number of hydrogen-bond donors (Lipinski definition) is 2. The zero-order chi connectivity index (χ0) is 19.1. The Hall–Kier alpha value is -3.68. The van der Waals surface area contributed by atoms with Gasteiger partial charge in [-0.05, 0) is 24.3 Å². The van der Waals surface area contributed by atoms with E-state index in [1.54, 1.807) is 12.1 Å². The van der Waals surface area contributed by atoms with E-state index in [0.717, 1.165) is 0 Å². The molecule has 0 unspecified atom stereocenters. The first kappa shape index (κ1) is 18.7. The van der Waals surface area contributed by atoms with Crippen LogP contribution in [0.25, 0.3) is 0 Å². The van der Waals surface area contributed by atoms with E-state index in [0.29, 0.717) is 0 Å². The highest BCUT2D eigenvalue weighted by molar-refractivity contribution is 6.07. The summed E-state index contributed by atoms with van der Waals surface area (Å²) in [5.41, 5.74) is 0. The van der Waals surface area contributed by atoms with Gasteiger partial charge in [-0.3, -0.25) is 19.2 Å². The molecule has 0 heterocycles. The fraction of sp³-hybridized carbons (Fsp3) is 0.111. The highest BCUT2D eigenvalue weighted by Gasteiger charge is 2.47. The van der Waals surface area contributed by atoms with E-state index in [4.69, 9.17) is 9.47 Å². The molecule has 8 nitrogen and oxygen atoms in total. The normalized spacial score (nSPS) is 12.5. The van der Waals surface area contributed by atoms with Gasteiger partial charge in [-0.15, -0.1) is 0 Å². The van der Waals surface area contributed by atoms with E-state index < -0.39 is 35.7 Å². The van der Waals surface area contributed by atoms with Gasteiger partial charge in [-0.2, -0.15) is 0 Å². The van der Waals surface area contributed by atoms with E-state index in [1.807, 2.05) is 0 Å². The van der Waals surface area contributed by atoms with Crippen LogP contribution in [0.2, 0.25) is 0 Å². The van der Waals surface area contributed by atoms with E-state index in [-0.39, 0.29) is 11.5 Å². The number of hydrogen-bond acceptors (Lipinski definition) is 6. The molecule has 8 heteroatoms. The van der Waals surface area contributed by atoms with Crippen molar-refractivity contribution in [3.8, 4) is 11.5 Å². The zero-order valence-electron chi connectivity index (χ0n) is 13.3. The smallest absolute Gasteiger partial charge is 0.327 e. The van der Waals surface area contributed by atoms with Crippen LogP contribution >= 0.6 is 0 Å². The van der Waals surface area contributed by atoms with Gasteiger partial charge in [0.25, 0.3) is 0 Å². The van der Waals surface area contributed by atoms with Crippen LogP contribution < -0.4 is 9.47 Å². The number of carboxylic acids is 2. The minimum Gasteiger partial charge on any atom is -0.481 e. The number of aliphatic carboxylic acids is 2. The van der Waals surface area contributed by atoms with Crippen LogP contribution in [-0.4, -0.2) is 34.1 Å². The summed E-state index contributed by atoms with van der Waals surface area (Å²) >= 11 is 0. The molecule has 0 radical (unpaired) electrons. The number of carboxylic acid groups (broad SMARTS) is 2. The van der Waals surface area contributed by atoms with Crippen molar-refractivity contribution >= 4 is 23.9 Å². The van der Waals surface area contributed by atoms with Gasteiger partial charge in [0, 0.05) is 0 Å². The Morgan fingerprint density at radius 2 is 0.923 bits per heavy atom. The first-order chi connectivity index (χ1) is 12.4. The second-order valence-corrected chi connectivity index (χ2v) is 5.10. The van der Waals surface area contributed by atoms with Gasteiger partial charge in [0.1, 0.15) is 11.5 Å². The second kappa shape index (κ2) is 8.43. The summed E-state index contributed by atoms with van der Waals surface area (Å²) in [6.45, 7) is 0. The average molecular weight is 358 g/mol. The van der Waals surface area contributed by atoms with Gasteiger partial charge >= 0.3 is 23.9 Å². The van der Waals surface area contributed by atoms with Gasteiger partial charge in [0.15, 0.2) is 11.8 Å². The Morgan fingerprint density at radius 1 is 0.615 bits per heavy atom. The Labute approximate surface area is 147 Å². The Bertz CT molecular complexity index is 731. The Morgan fingerprint density at radius 3 is 1.19 bits per heavy atom. The van der Waals surface area contributed by atoms with Crippen LogP contribution in [0.15, 0.2) is 60.7 Å². The summed E-state index contributed by atoms with van der Waals surface area (Å²) in [7, 11) is 0. The maximum absolute atomic E-state index is 12.2. The zero-order valence-corrected chi connectivity index (χ0v) is 13.3. The summed E-state index contributed by atoms with van der Waals surface area (Å²) in [5.74, 6) is -10.9. The van der Waals surface area contributed by atoms with E-state index >= 15 is 0 Å². The van der Waals surface area contributed by atoms with Gasteiger partial charge < -0.3 is 19.7 Å². The molecule has 0 aliphatic rings. The predicted molar refractivity (Wildman–Crippen MR) is 86.4 cm³/mol. The lowest BCUT2D eigenvalue weighted by molar-refractivity contribution is -0.169. The quantitative estimate of drug-likeness (QED) is 0.434. The third kappa shape index (κ3) is 4.67. The molecule has 2 aromatic carbocycles. The fourth-order valence-electron chi connectivity index (χ4n) is 2.10. The van der Waals surface area contributed by atoms with Crippen molar-refractivity contribution in [2.75, 3.05) is 0 Å². The van der Waals surface area contributed by atoms with Crippen LogP contribution in [0.5, 0.6) is 11.5 Å². The van der Waals surface area contributed by atoms with Crippen LogP contribution in [0.3, 0.4) is 0 Å². The molecule has 0 saturated heterocycles. The fourth-order valence-corrected chi connectivity index (χ4v) is 2.10. The number of carbonyl (C=O) groups excluding carboxylic acids is 2. The van der Waals surface area contributed by atoms with Gasteiger partial charge in [0.05, 0.1) is 0 Å². The van der Waals surface area contributed by atoms with Crippen molar-refractivity contribution in [1.82, 2.24) is 0 Å². The first-order valence-electron chi connectivity index (χ1n) is 7.39. The topological polar surface area (TPSA) is 127 Å². The molecule has 0 bridgehead atoms. The monoisotopic (exact) mass is 358 g/mol. The standard InChI is InChI=1S/C18H14O8/c19-15(20)13(17(23)25-11-7-3-1-4-8-11)14(16(21)22)18(24)26-12-9-5-2-6-10-12/h1-10,13-14H,(H,19,20)(H,21,22)/t13-,14-/m1/s1. The molecule has 0 aliphatic heterocycles. The third-order valence-electron chi connectivity index (χ3n) is 3.30. The molecule has 0 spiro atoms. The Kier molecular flexibility index (Phi) is 6.05. The Balaban J connectivity index is 2.25. The molecular weight excluding hydrogens is 344 g/mol. The van der Waals surface area contributed by atoms with Crippen molar-refractivity contribution in [2.45, 2.75) is 0 Å². The van der Waals surface area contributed by atoms with Gasteiger partial charge in [-0.25, -0.2) is 0 Å². The molecule has 2 rings (SSSR count). The summed E-state index contributed by atoms with van der Waals surface area (Å²) < 4.78 is 9.76. The molecule has 0 saturated carbocycles. The van der Waals surface area contributed by atoms with E-state index in [2.05, 4.69) is 0 Å². The maximum Gasteiger partial charge on any atom is 0.327 e. The van der Waals surface area contributed by atoms with Crippen LogP contribution in [0.4, 0.5) is 0 Å². The molecule has 2 atom stereocenters.